The van der Waals surface area contributed by atoms with Crippen LogP contribution in [0.15, 0.2) is 24.3 Å². The molecule has 0 aliphatic heterocycles. The maximum Gasteiger partial charge on any atom is 0.279 e. The average molecular weight is 352 g/mol. The molecule has 0 saturated carbocycles. The van der Waals surface area contributed by atoms with Crippen LogP contribution in [0.1, 0.15) is 54.0 Å². The smallest absolute Gasteiger partial charge is 0.279 e. The number of hydrogen-bond donors (Lipinski definition) is 3. The molecule has 0 aliphatic rings. The van der Waals surface area contributed by atoms with Crippen LogP contribution in [0.5, 0.6) is 5.75 Å². The van der Waals surface area contributed by atoms with E-state index in [0.29, 0.717) is 10.9 Å². The quantitative estimate of drug-likeness (QED) is 0.577. The van der Waals surface area contributed by atoms with E-state index in [9.17, 15) is 4.79 Å². The Labute approximate surface area is 150 Å². The fourth-order valence-corrected chi connectivity index (χ4v) is 2.24. The SMILES string of the molecule is C[C@@H](Oc1ccc(C(C)(C)C)cc1)C(=O)NNC(=S)NC(C)(C)C. The second-order valence-electron chi connectivity index (χ2n) is 7.85. The molecule has 0 heterocycles. The lowest BCUT2D eigenvalue weighted by Crippen LogP contribution is -2.54. The summed E-state index contributed by atoms with van der Waals surface area (Å²) in [6.45, 7) is 14.1. The molecule has 0 saturated heterocycles. The molecule has 1 rings (SSSR count). The van der Waals surface area contributed by atoms with Crippen LogP contribution in [0.4, 0.5) is 0 Å². The van der Waals surface area contributed by atoms with Crippen molar-refractivity contribution < 1.29 is 9.53 Å². The Kier molecular flexibility index (Phi) is 6.60. The molecule has 0 bridgehead atoms. The first-order valence-corrected chi connectivity index (χ1v) is 8.44. The monoisotopic (exact) mass is 351 g/mol. The fourth-order valence-electron chi connectivity index (χ4n) is 1.88. The number of carbonyl (C=O) groups excluding carboxylic acids is 1. The van der Waals surface area contributed by atoms with Crippen molar-refractivity contribution in [1.82, 2.24) is 16.2 Å². The molecule has 1 amide bonds. The molecular weight excluding hydrogens is 322 g/mol. The minimum Gasteiger partial charge on any atom is -0.481 e. The maximum absolute atomic E-state index is 12.1. The van der Waals surface area contributed by atoms with Gasteiger partial charge in [0.2, 0.25) is 0 Å². The summed E-state index contributed by atoms with van der Waals surface area (Å²) >= 11 is 5.11. The second-order valence-corrected chi connectivity index (χ2v) is 8.26. The third-order valence-electron chi connectivity index (χ3n) is 3.19. The van der Waals surface area contributed by atoms with Crippen LogP contribution in [0.25, 0.3) is 0 Å². The van der Waals surface area contributed by atoms with Gasteiger partial charge in [-0.1, -0.05) is 32.9 Å². The highest BCUT2D eigenvalue weighted by molar-refractivity contribution is 7.80. The van der Waals surface area contributed by atoms with Gasteiger partial charge in [-0.15, -0.1) is 0 Å². The van der Waals surface area contributed by atoms with E-state index < -0.39 is 6.10 Å². The number of amides is 1. The number of benzene rings is 1. The van der Waals surface area contributed by atoms with Gasteiger partial charge in [0, 0.05) is 5.54 Å². The Morgan fingerprint density at radius 2 is 1.58 bits per heavy atom. The van der Waals surface area contributed by atoms with Crippen LogP contribution in [0.2, 0.25) is 0 Å². The van der Waals surface area contributed by atoms with Crippen molar-refractivity contribution in [2.24, 2.45) is 0 Å². The second kappa shape index (κ2) is 7.83. The Morgan fingerprint density at radius 1 is 1.04 bits per heavy atom. The molecule has 0 fully saturated rings. The van der Waals surface area contributed by atoms with Crippen molar-refractivity contribution in [3.63, 3.8) is 0 Å². The Hall–Kier alpha value is -1.82. The summed E-state index contributed by atoms with van der Waals surface area (Å²) in [7, 11) is 0. The predicted octanol–water partition coefficient (Wildman–Crippen LogP) is 3.05. The standard InChI is InChI=1S/C18H29N3O2S/c1-12(15(22)20-21-16(24)19-18(5,6)7)23-14-10-8-13(9-11-14)17(2,3)4/h8-12H,1-7H3,(H,20,22)(H2,19,21,24)/t12-/m1/s1. The van der Waals surface area contributed by atoms with E-state index in [1.165, 1.54) is 5.56 Å². The highest BCUT2D eigenvalue weighted by Crippen LogP contribution is 2.24. The maximum atomic E-state index is 12.1. The molecule has 1 aromatic carbocycles. The first-order chi connectivity index (χ1) is 10.9. The molecule has 0 unspecified atom stereocenters. The normalized spacial score (nSPS) is 13.0. The lowest BCUT2D eigenvalue weighted by atomic mass is 9.87. The summed E-state index contributed by atoms with van der Waals surface area (Å²) in [6.07, 6.45) is -0.643. The highest BCUT2D eigenvalue weighted by Gasteiger charge is 2.17. The van der Waals surface area contributed by atoms with Crippen molar-refractivity contribution in [3.8, 4) is 5.75 Å². The Morgan fingerprint density at radius 3 is 2.04 bits per heavy atom. The number of ether oxygens (including phenoxy) is 1. The van der Waals surface area contributed by atoms with E-state index in [4.69, 9.17) is 17.0 Å². The van der Waals surface area contributed by atoms with Gasteiger partial charge >= 0.3 is 0 Å². The summed E-state index contributed by atoms with van der Waals surface area (Å²) in [4.78, 5) is 12.1. The van der Waals surface area contributed by atoms with Gasteiger partial charge in [-0.2, -0.15) is 0 Å². The van der Waals surface area contributed by atoms with Gasteiger partial charge in [0.15, 0.2) is 11.2 Å². The predicted molar refractivity (Wildman–Crippen MR) is 102 cm³/mol. The van der Waals surface area contributed by atoms with Crippen LogP contribution in [0, 0.1) is 0 Å². The molecule has 5 nitrogen and oxygen atoms in total. The van der Waals surface area contributed by atoms with E-state index in [2.05, 4.69) is 36.9 Å². The summed E-state index contributed by atoms with van der Waals surface area (Å²) in [5, 5.41) is 3.41. The molecule has 0 spiro atoms. The zero-order valence-corrected chi connectivity index (χ0v) is 16.4. The summed E-state index contributed by atoms with van der Waals surface area (Å²) in [5.74, 6) is 0.356. The summed E-state index contributed by atoms with van der Waals surface area (Å²) < 4.78 is 5.66. The van der Waals surface area contributed by atoms with Gasteiger partial charge in [0.25, 0.3) is 5.91 Å². The lowest BCUT2D eigenvalue weighted by Gasteiger charge is -2.23. The van der Waals surface area contributed by atoms with E-state index in [1.54, 1.807) is 6.92 Å². The van der Waals surface area contributed by atoms with E-state index in [0.717, 1.165) is 0 Å². The van der Waals surface area contributed by atoms with Crippen LogP contribution >= 0.6 is 12.2 Å². The molecule has 6 heteroatoms. The average Bonchev–Trinajstić information content (AvgIpc) is 2.42. The lowest BCUT2D eigenvalue weighted by molar-refractivity contribution is -0.127. The van der Waals surface area contributed by atoms with E-state index in [-0.39, 0.29) is 16.9 Å². The number of carbonyl (C=O) groups is 1. The van der Waals surface area contributed by atoms with Crippen molar-refractivity contribution >= 4 is 23.2 Å². The first kappa shape index (κ1) is 20.2. The largest absolute Gasteiger partial charge is 0.481 e. The third kappa shape index (κ3) is 7.17. The Bertz CT molecular complexity index is 571. The van der Waals surface area contributed by atoms with Crippen LogP contribution < -0.4 is 20.9 Å². The minimum absolute atomic E-state index is 0.0845. The third-order valence-corrected chi connectivity index (χ3v) is 3.39. The molecule has 3 N–H and O–H groups in total. The number of thiocarbonyl (C=S) groups is 1. The number of hydrogen-bond acceptors (Lipinski definition) is 3. The minimum atomic E-state index is -0.643. The van der Waals surface area contributed by atoms with Crippen molar-refractivity contribution in [3.05, 3.63) is 29.8 Å². The number of nitrogens with one attached hydrogen (secondary N) is 3. The zero-order valence-electron chi connectivity index (χ0n) is 15.6. The van der Waals surface area contributed by atoms with E-state index in [1.807, 2.05) is 45.0 Å². The van der Waals surface area contributed by atoms with Gasteiger partial charge < -0.3 is 10.1 Å². The molecule has 1 aromatic rings. The van der Waals surface area contributed by atoms with Crippen molar-refractivity contribution in [2.75, 3.05) is 0 Å². The van der Waals surface area contributed by atoms with Gasteiger partial charge in [-0.05, 0) is 63.0 Å². The molecular formula is C18H29N3O2S. The molecule has 0 radical (unpaired) electrons. The van der Waals surface area contributed by atoms with Crippen LogP contribution in [-0.4, -0.2) is 22.7 Å². The summed E-state index contributed by atoms with van der Waals surface area (Å²) in [6, 6.07) is 7.79. The zero-order chi connectivity index (χ0) is 18.5. The van der Waals surface area contributed by atoms with Crippen molar-refractivity contribution in [2.45, 2.75) is 65.5 Å². The number of rotatable bonds is 3. The van der Waals surface area contributed by atoms with Crippen LogP contribution in [-0.2, 0) is 10.2 Å². The molecule has 1 atom stereocenters. The summed E-state index contributed by atoms with van der Waals surface area (Å²) in [5.41, 5.74) is 6.34. The Balaban J connectivity index is 2.51. The van der Waals surface area contributed by atoms with Crippen molar-refractivity contribution in [1.29, 1.82) is 0 Å². The van der Waals surface area contributed by atoms with E-state index >= 15 is 0 Å². The van der Waals surface area contributed by atoms with Gasteiger partial charge in [-0.3, -0.25) is 15.6 Å². The topological polar surface area (TPSA) is 62.4 Å². The molecule has 134 valence electrons. The fraction of sp³-hybridized carbons (Fsp3) is 0.556. The molecule has 24 heavy (non-hydrogen) atoms. The molecule has 0 aromatic heterocycles. The number of hydrazine groups is 1. The first-order valence-electron chi connectivity index (χ1n) is 8.04. The highest BCUT2D eigenvalue weighted by atomic mass is 32.1. The van der Waals surface area contributed by atoms with Crippen LogP contribution in [0.3, 0.4) is 0 Å². The van der Waals surface area contributed by atoms with Gasteiger partial charge in [0.05, 0.1) is 0 Å². The van der Waals surface area contributed by atoms with Gasteiger partial charge in [-0.25, -0.2) is 0 Å². The molecule has 0 aliphatic carbocycles. The van der Waals surface area contributed by atoms with Gasteiger partial charge in [0.1, 0.15) is 5.75 Å².